The van der Waals surface area contributed by atoms with Crippen molar-refractivity contribution in [3.8, 4) is 11.8 Å². The molecule has 1 atom stereocenters. The highest BCUT2D eigenvalue weighted by Gasteiger charge is 2.32. The summed E-state index contributed by atoms with van der Waals surface area (Å²) in [4.78, 5) is 7.73. The average molecular weight is 320 g/mol. The van der Waals surface area contributed by atoms with Crippen LogP contribution in [0.1, 0.15) is 30.5 Å². The molecule has 1 N–H and O–H groups in total. The van der Waals surface area contributed by atoms with Gasteiger partial charge in [0.1, 0.15) is 6.33 Å². The molecule has 0 aliphatic rings. The minimum Gasteiger partial charge on any atom is -0.373 e. The Morgan fingerprint density at radius 2 is 1.57 bits per heavy atom. The molecule has 1 heterocycles. The van der Waals surface area contributed by atoms with Crippen molar-refractivity contribution in [3.63, 3.8) is 0 Å². The maximum absolute atomic E-state index is 12.5. The number of halogens is 3. The topological polar surface area (TPSA) is 46.0 Å². The highest BCUT2D eigenvalue weighted by molar-refractivity contribution is 5.40. The van der Waals surface area contributed by atoms with Crippen LogP contribution < -0.4 is 0 Å². The van der Waals surface area contributed by atoms with E-state index in [1.807, 2.05) is 0 Å². The van der Waals surface area contributed by atoms with E-state index in [1.165, 1.54) is 30.9 Å². The van der Waals surface area contributed by atoms with E-state index >= 15 is 0 Å². The lowest BCUT2D eigenvalue weighted by molar-refractivity contribution is -0.137. The zero-order valence-corrected chi connectivity index (χ0v) is 12.6. The largest absolute Gasteiger partial charge is 0.416 e. The Morgan fingerprint density at radius 3 is 2.04 bits per heavy atom. The van der Waals surface area contributed by atoms with Crippen LogP contribution in [0.15, 0.2) is 43.0 Å². The lowest BCUT2D eigenvalue weighted by Gasteiger charge is -2.26. The van der Waals surface area contributed by atoms with Gasteiger partial charge in [-0.3, -0.25) is 0 Å². The molecule has 0 aliphatic heterocycles. The third-order valence-electron chi connectivity index (χ3n) is 3.45. The number of rotatable bonds is 2. The molecular formula is C17H15F3N2O. The molecule has 120 valence electrons. The van der Waals surface area contributed by atoms with Crippen molar-refractivity contribution in [2.75, 3.05) is 0 Å². The quantitative estimate of drug-likeness (QED) is 0.863. The molecule has 0 radical (unpaired) electrons. The summed E-state index contributed by atoms with van der Waals surface area (Å²) in [6, 6.07) is 4.48. The fourth-order valence-electron chi connectivity index (χ4n) is 1.96. The van der Waals surface area contributed by atoms with Crippen molar-refractivity contribution < 1.29 is 18.3 Å². The summed E-state index contributed by atoms with van der Waals surface area (Å²) in [5.74, 6) is 5.20. The van der Waals surface area contributed by atoms with Crippen molar-refractivity contribution in [1.29, 1.82) is 0 Å². The van der Waals surface area contributed by atoms with Crippen molar-refractivity contribution in [3.05, 3.63) is 59.7 Å². The number of aliphatic hydroxyl groups is 1. The molecule has 1 aromatic carbocycles. The Bertz CT molecular complexity index is 715. The highest BCUT2D eigenvalue weighted by atomic mass is 19.4. The van der Waals surface area contributed by atoms with Crippen LogP contribution in [-0.4, -0.2) is 15.1 Å². The van der Waals surface area contributed by atoms with Gasteiger partial charge in [0, 0.05) is 23.5 Å². The van der Waals surface area contributed by atoms with E-state index in [2.05, 4.69) is 21.8 Å². The number of hydrogen-bond acceptors (Lipinski definition) is 3. The molecular weight excluding hydrogens is 305 g/mol. The van der Waals surface area contributed by atoms with Gasteiger partial charge in [-0.2, -0.15) is 13.2 Å². The van der Waals surface area contributed by atoms with Crippen LogP contribution in [0.2, 0.25) is 0 Å². The van der Waals surface area contributed by atoms with Gasteiger partial charge in [0.25, 0.3) is 0 Å². The number of alkyl halides is 3. The number of benzene rings is 1. The van der Waals surface area contributed by atoms with Crippen LogP contribution in [0, 0.1) is 17.8 Å². The molecule has 0 saturated heterocycles. The molecule has 2 aromatic rings. The van der Waals surface area contributed by atoms with Crippen LogP contribution in [0.4, 0.5) is 13.2 Å². The van der Waals surface area contributed by atoms with E-state index in [9.17, 15) is 18.3 Å². The van der Waals surface area contributed by atoms with E-state index in [1.54, 1.807) is 13.8 Å². The zero-order chi connectivity index (χ0) is 17.1. The lowest BCUT2D eigenvalue weighted by atomic mass is 9.85. The fourth-order valence-corrected chi connectivity index (χ4v) is 1.96. The first-order valence-corrected chi connectivity index (χ1v) is 6.92. The first-order chi connectivity index (χ1) is 10.7. The molecule has 0 fully saturated rings. The number of aromatic nitrogens is 2. The molecule has 6 heteroatoms. The maximum atomic E-state index is 12.5. The van der Waals surface area contributed by atoms with Gasteiger partial charge in [-0.25, -0.2) is 9.97 Å². The van der Waals surface area contributed by atoms with E-state index in [4.69, 9.17) is 0 Å². The monoisotopic (exact) mass is 320 g/mol. The molecule has 0 saturated carbocycles. The molecule has 23 heavy (non-hydrogen) atoms. The van der Waals surface area contributed by atoms with Crippen molar-refractivity contribution in [2.24, 2.45) is 5.92 Å². The lowest BCUT2D eigenvalue weighted by Crippen LogP contribution is -2.30. The summed E-state index contributed by atoms with van der Waals surface area (Å²) in [6.45, 7) is 3.57. The predicted molar refractivity (Wildman–Crippen MR) is 79.1 cm³/mol. The Hall–Kier alpha value is -2.39. The van der Waals surface area contributed by atoms with E-state index < -0.39 is 17.3 Å². The van der Waals surface area contributed by atoms with Crippen LogP contribution in [0.25, 0.3) is 0 Å². The summed E-state index contributed by atoms with van der Waals surface area (Å²) in [6.07, 6.45) is -0.109. The third-order valence-corrected chi connectivity index (χ3v) is 3.45. The van der Waals surface area contributed by atoms with Gasteiger partial charge >= 0.3 is 6.18 Å². The van der Waals surface area contributed by atoms with E-state index in [0.717, 1.165) is 12.1 Å². The summed E-state index contributed by atoms with van der Waals surface area (Å²) in [5.41, 5.74) is -1.40. The first kappa shape index (κ1) is 17.0. The Morgan fingerprint density at radius 1 is 1.00 bits per heavy atom. The van der Waals surface area contributed by atoms with Gasteiger partial charge < -0.3 is 5.11 Å². The zero-order valence-electron chi connectivity index (χ0n) is 12.6. The Labute approximate surface area is 132 Å². The normalized spacial score (nSPS) is 14.0. The second-order valence-corrected chi connectivity index (χ2v) is 5.37. The maximum Gasteiger partial charge on any atom is 0.416 e. The third kappa shape index (κ3) is 3.88. The van der Waals surface area contributed by atoms with Gasteiger partial charge in [-0.05, 0) is 30.2 Å². The van der Waals surface area contributed by atoms with Crippen LogP contribution in [0.3, 0.4) is 0 Å². The van der Waals surface area contributed by atoms with Crippen LogP contribution in [0.5, 0.6) is 0 Å². The highest BCUT2D eigenvalue weighted by Crippen LogP contribution is 2.30. The first-order valence-electron chi connectivity index (χ1n) is 6.92. The Balaban J connectivity index is 2.34. The standard InChI is InChI=1S/C17H15F3N2O/c1-12(2)16(23,15-9-21-11-22-10-15)8-7-13-3-5-14(6-4-13)17(18,19)20/h3-6,9-12,23H,1-2H3. The van der Waals surface area contributed by atoms with Gasteiger partial charge in [-0.1, -0.05) is 25.7 Å². The summed E-state index contributed by atoms with van der Waals surface area (Å²) in [5, 5.41) is 10.8. The Kier molecular flexibility index (Phi) is 4.71. The predicted octanol–water partition coefficient (Wildman–Crippen LogP) is 3.39. The summed E-state index contributed by atoms with van der Waals surface area (Å²) >= 11 is 0. The molecule has 3 nitrogen and oxygen atoms in total. The van der Waals surface area contributed by atoms with E-state index in [-0.39, 0.29) is 5.92 Å². The molecule has 2 rings (SSSR count). The SMILES string of the molecule is CC(C)C(O)(C#Cc1ccc(C(F)(F)F)cc1)c1cncnc1. The molecule has 1 aromatic heterocycles. The smallest absolute Gasteiger partial charge is 0.373 e. The van der Waals surface area contributed by atoms with Gasteiger partial charge in [0.2, 0.25) is 0 Å². The average Bonchev–Trinajstić information content (AvgIpc) is 2.53. The van der Waals surface area contributed by atoms with Crippen molar-refractivity contribution in [1.82, 2.24) is 9.97 Å². The molecule has 0 aliphatic carbocycles. The van der Waals surface area contributed by atoms with E-state index in [0.29, 0.717) is 11.1 Å². The summed E-state index contributed by atoms with van der Waals surface area (Å²) in [7, 11) is 0. The fraction of sp³-hybridized carbons (Fsp3) is 0.294. The number of nitrogens with zero attached hydrogens (tertiary/aromatic N) is 2. The second-order valence-electron chi connectivity index (χ2n) is 5.37. The molecule has 0 bridgehead atoms. The minimum atomic E-state index is -4.38. The van der Waals surface area contributed by atoms with Gasteiger partial charge in [-0.15, -0.1) is 0 Å². The molecule has 1 unspecified atom stereocenters. The van der Waals surface area contributed by atoms with Crippen molar-refractivity contribution in [2.45, 2.75) is 25.6 Å². The molecule has 0 spiro atoms. The van der Waals surface area contributed by atoms with Gasteiger partial charge in [0.05, 0.1) is 5.56 Å². The van der Waals surface area contributed by atoms with Gasteiger partial charge in [0.15, 0.2) is 5.60 Å². The van der Waals surface area contributed by atoms with Crippen LogP contribution >= 0.6 is 0 Å². The second kappa shape index (κ2) is 6.39. The minimum absolute atomic E-state index is 0.254. The summed E-state index contributed by atoms with van der Waals surface area (Å²) < 4.78 is 37.6. The number of hydrogen-bond donors (Lipinski definition) is 1. The van der Waals surface area contributed by atoms with Crippen LogP contribution in [-0.2, 0) is 11.8 Å². The molecule has 0 amide bonds. The van der Waals surface area contributed by atoms with Crippen molar-refractivity contribution >= 4 is 0 Å².